The van der Waals surface area contributed by atoms with Gasteiger partial charge >= 0.3 is 0 Å². The van der Waals surface area contributed by atoms with Crippen LogP contribution in [0, 0.1) is 0 Å². The van der Waals surface area contributed by atoms with E-state index in [9.17, 15) is 0 Å². The van der Waals surface area contributed by atoms with Gasteiger partial charge in [0.15, 0.2) is 5.82 Å². The van der Waals surface area contributed by atoms with Crippen LogP contribution in [-0.4, -0.2) is 9.97 Å². The molecule has 0 atom stereocenters. The highest BCUT2D eigenvalue weighted by Gasteiger charge is 2.52. The van der Waals surface area contributed by atoms with E-state index >= 15 is 0 Å². The first-order chi connectivity index (χ1) is 25.3. The van der Waals surface area contributed by atoms with Crippen molar-refractivity contribution >= 4 is 21.5 Å². The van der Waals surface area contributed by atoms with E-state index in [1.165, 1.54) is 60.7 Å². The smallest absolute Gasteiger partial charge is 0.161 e. The van der Waals surface area contributed by atoms with Crippen LogP contribution in [0.1, 0.15) is 22.3 Å². The summed E-state index contributed by atoms with van der Waals surface area (Å²) in [5.41, 5.74) is 14.9. The van der Waals surface area contributed by atoms with Crippen molar-refractivity contribution < 1.29 is 0 Å². The Labute approximate surface area is 296 Å². The summed E-state index contributed by atoms with van der Waals surface area (Å²) in [5.74, 6) is 0.727. The van der Waals surface area contributed by atoms with Gasteiger partial charge in [-0.05, 0) is 90.3 Å². The Morgan fingerprint density at radius 2 is 0.843 bits per heavy atom. The highest BCUT2D eigenvalue weighted by molar-refractivity contribution is 6.12. The third-order valence-corrected chi connectivity index (χ3v) is 11.1. The van der Waals surface area contributed by atoms with Crippen LogP contribution in [0.2, 0.25) is 0 Å². The summed E-state index contributed by atoms with van der Waals surface area (Å²) in [6, 6.07) is 66.0. The third kappa shape index (κ3) is 3.93. The van der Waals surface area contributed by atoms with Crippen molar-refractivity contribution in [3.63, 3.8) is 0 Å². The zero-order chi connectivity index (χ0) is 33.5. The van der Waals surface area contributed by atoms with Crippen LogP contribution in [0.3, 0.4) is 0 Å². The molecule has 8 aromatic carbocycles. The van der Waals surface area contributed by atoms with Crippen molar-refractivity contribution in [3.05, 3.63) is 204 Å². The van der Waals surface area contributed by atoms with Gasteiger partial charge in [0.05, 0.1) is 16.8 Å². The first-order valence-electron chi connectivity index (χ1n) is 17.6. The van der Waals surface area contributed by atoms with Crippen LogP contribution in [0.4, 0.5) is 0 Å². The molecule has 9 aromatic rings. The van der Waals surface area contributed by atoms with Crippen LogP contribution < -0.4 is 0 Å². The molecule has 11 rings (SSSR count). The predicted molar refractivity (Wildman–Crippen MR) is 210 cm³/mol. The second-order valence-corrected chi connectivity index (χ2v) is 13.7. The van der Waals surface area contributed by atoms with Crippen LogP contribution in [0.15, 0.2) is 182 Å². The van der Waals surface area contributed by atoms with Gasteiger partial charge in [-0.1, -0.05) is 158 Å². The Morgan fingerprint density at radius 1 is 0.333 bits per heavy atom. The SMILES string of the molecule is c1ccc(-c2cc(-c3ccccc3)nc(-c3cc4c(c5ccccc35)-c3cc5ccccc5cc3C43c4ccccc4-c4ccccc43)n2)cc1. The molecule has 0 saturated carbocycles. The molecule has 2 heteroatoms. The van der Waals surface area contributed by atoms with Crippen molar-refractivity contribution in [3.8, 4) is 56.2 Å². The van der Waals surface area contributed by atoms with E-state index in [-0.39, 0.29) is 0 Å². The number of nitrogens with zero attached hydrogens (tertiary/aromatic N) is 2. The van der Waals surface area contributed by atoms with E-state index in [0.717, 1.165) is 39.3 Å². The van der Waals surface area contributed by atoms with Crippen LogP contribution in [-0.2, 0) is 5.41 Å². The number of hydrogen-bond acceptors (Lipinski definition) is 2. The molecule has 0 fully saturated rings. The van der Waals surface area contributed by atoms with E-state index < -0.39 is 5.41 Å². The quantitative estimate of drug-likeness (QED) is 0.191. The molecular formula is C49H30N2. The topological polar surface area (TPSA) is 25.8 Å². The van der Waals surface area contributed by atoms with Crippen molar-refractivity contribution in [1.29, 1.82) is 0 Å². The molecule has 0 aliphatic heterocycles. The fourth-order valence-corrected chi connectivity index (χ4v) is 8.95. The zero-order valence-corrected chi connectivity index (χ0v) is 27.7. The van der Waals surface area contributed by atoms with Gasteiger partial charge in [0.25, 0.3) is 0 Å². The fourth-order valence-electron chi connectivity index (χ4n) is 8.95. The standard InChI is InChI=1S/C49H30N2/c1-3-15-31(16-4-1)45-30-46(32-17-5-2-6-18-32)51-48(50-45)39-29-44-47(38-24-10-9-21-35(38)39)40-27-33-19-7-8-20-34(33)28-43(40)49(44)41-25-13-11-22-36(41)37-23-12-14-26-42(37)49/h1-30H. The molecule has 2 aliphatic carbocycles. The maximum absolute atomic E-state index is 5.36. The van der Waals surface area contributed by atoms with E-state index in [1.807, 2.05) is 0 Å². The van der Waals surface area contributed by atoms with Crippen LogP contribution in [0.5, 0.6) is 0 Å². The summed E-state index contributed by atoms with van der Waals surface area (Å²) in [7, 11) is 0. The molecule has 236 valence electrons. The van der Waals surface area contributed by atoms with Gasteiger partial charge in [-0.15, -0.1) is 0 Å². The number of benzene rings is 8. The molecule has 0 amide bonds. The molecule has 51 heavy (non-hydrogen) atoms. The van der Waals surface area contributed by atoms with Gasteiger partial charge in [0.1, 0.15) is 0 Å². The monoisotopic (exact) mass is 646 g/mol. The lowest BCUT2D eigenvalue weighted by Gasteiger charge is -2.31. The average Bonchev–Trinajstić information content (AvgIpc) is 3.67. The van der Waals surface area contributed by atoms with Gasteiger partial charge in [-0.25, -0.2) is 9.97 Å². The van der Waals surface area contributed by atoms with Crippen molar-refractivity contribution in [2.45, 2.75) is 5.41 Å². The maximum Gasteiger partial charge on any atom is 0.161 e. The van der Waals surface area contributed by atoms with Crippen molar-refractivity contribution in [1.82, 2.24) is 9.97 Å². The first kappa shape index (κ1) is 28.2. The molecule has 1 heterocycles. The summed E-state index contributed by atoms with van der Waals surface area (Å²) in [4.78, 5) is 10.7. The zero-order valence-electron chi connectivity index (χ0n) is 27.7. The van der Waals surface area contributed by atoms with Gasteiger partial charge < -0.3 is 0 Å². The summed E-state index contributed by atoms with van der Waals surface area (Å²) in [6.45, 7) is 0. The lowest BCUT2D eigenvalue weighted by Crippen LogP contribution is -2.26. The van der Waals surface area contributed by atoms with Gasteiger partial charge in [0.2, 0.25) is 0 Å². The summed E-state index contributed by atoms with van der Waals surface area (Å²) < 4.78 is 0. The van der Waals surface area contributed by atoms with Crippen LogP contribution in [0.25, 0.3) is 77.7 Å². The molecule has 1 spiro atoms. The highest BCUT2D eigenvalue weighted by atomic mass is 14.9. The first-order valence-corrected chi connectivity index (χ1v) is 17.6. The molecule has 0 bridgehead atoms. The second-order valence-electron chi connectivity index (χ2n) is 13.7. The predicted octanol–water partition coefficient (Wildman–Crippen LogP) is 12.1. The number of fused-ring (bicyclic) bond motifs is 13. The Hall–Kier alpha value is -6.64. The Bertz CT molecular complexity index is 2750. The van der Waals surface area contributed by atoms with Crippen molar-refractivity contribution in [2.75, 3.05) is 0 Å². The lowest BCUT2D eigenvalue weighted by molar-refractivity contribution is 0.796. The third-order valence-electron chi connectivity index (χ3n) is 11.1. The van der Waals surface area contributed by atoms with E-state index in [2.05, 4.69) is 182 Å². The van der Waals surface area contributed by atoms with Gasteiger partial charge in [-0.2, -0.15) is 0 Å². The molecule has 0 unspecified atom stereocenters. The Balaban J connectivity index is 1.30. The molecule has 0 saturated heterocycles. The number of rotatable bonds is 3. The normalized spacial score (nSPS) is 13.3. The molecule has 1 aromatic heterocycles. The van der Waals surface area contributed by atoms with Gasteiger partial charge in [0, 0.05) is 16.7 Å². The molecule has 2 nitrogen and oxygen atoms in total. The summed E-state index contributed by atoms with van der Waals surface area (Å²) >= 11 is 0. The number of hydrogen-bond donors (Lipinski definition) is 0. The molecule has 2 aliphatic rings. The number of aromatic nitrogens is 2. The maximum atomic E-state index is 5.36. The van der Waals surface area contributed by atoms with Gasteiger partial charge in [-0.3, -0.25) is 0 Å². The van der Waals surface area contributed by atoms with Crippen molar-refractivity contribution in [2.24, 2.45) is 0 Å². The highest BCUT2D eigenvalue weighted by Crippen LogP contribution is 2.64. The second kappa shape index (κ2) is 10.7. The van der Waals surface area contributed by atoms with E-state index in [0.29, 0.717) is 0 Å². The minimum absolute atomic E-state index is 0.500. The lowest BCUT2D eigenvalue weighted by atomic mass is 9.70. The van der Waals surface area contributed by atoms with Crippen LogP contribution >= 0.6 is 0 Å². The molecule has 0 radical (unpaired) electrons. The summed E-state index contributed by atoms with van der Waals surface area (Å²) in [5, 5.41) is 4.87. The fraction of sp³-hybridized carbons (Fsp3) is 0.0204. The summed E-state index contributed by atoms with van der Waals surface area (Å²) in [6.07, 6.45) is 0. The minimum Gasteiger partial charge on any atom is -0.228 e. The Morgan fingerprint density at radius 3 is 1.47 bits per heavy atom. The molecule has 0 N–H and O–H groups in total. The average molecular weight is 647 g/mol. The Kier molecular flexibility index (Phi) is 5.91. The van der Waals surface area contributed by atoms with E-state index in [4.69, 9.17) is 9.97 Å². The minimum atomic E-state index is -0.500. The van der Waals surface area contributed by atoms with E-state index in [1.54, 1.807) is 0 Å². The largest absolute Gasteiger partial charge is 0.228 e. The molecular weight excluding hydrogens is 617 g/mol.